The van der Waals surface area contributed by atoms with Crippen LogP contribution in [-0.4, -0.2) is 24.3 Å². The first-order chi connectivity index (χ1) is 10.6. The number of hydrogen-bond acceptors (Lipinski definition) is 2. The van der Waals surface area contributed by atoms with E-state index in [9.17, 15) is 0 Å². The van der Waals surface area contributed by atoms with Crippen molar-refractivity contribution in [3.05, 3.63) is 47.5 Å². The van der Waals surface area contributed by atoms with Crippen LogP contribution in [-0.2, 0) is 13.1 Å². The minimum Gasteiger partial charge on any atom is -0.366 e. The van der Waals surface area contributed by atoms with E-state index >= 15 is 0 Å². The van der Waals surface area contributed by atoms with Gasteiger partial charge in [0, 0.05) is 27.2 Å². The first-order valence-electron chi connectivity index (χ1n) is 7.05. The van der Waals surface area contributed by atoms with Gasteiger partial charge in [0.15, 0.2) is 10.2 Å². The van der Waals surface area contributed by atoms with Gasteiger partial charge in [-0.2, -0.15) is 0 Å². The van der Waals surface area contributed by atoms with Gasteiger partial charge in [-0.25, -0.2) is 0 Å². The van der Waals surface area contributed by atoms with E-state index < -0.39 is 0 Å². The first kappa shape index (κ1) is 16.5. The Kier molecular flexibility index (Phi) is 5.91. The van der Waals surface area contributed by atoms with E-state index in [-0.39, 0.29) is 0 Å². The molecule has 22 heavy (non-hydrogen) atoms. The smallest absolute Gasteiger partial charge is 0.166 e. The van der Waals surface area contributed by atoms with E-state index in [4.69, 9.17) is 24.4 Å². The predicted octanol–water partition coefficient (Wildman–Crippen LogP) is 2.03. The lowest BCUT2D eigenvalue weighted by atomic mass is 10.0. The lowest BCUT2D eigenvalue weighted by Gasteiger charge is -2.13. The third-order valence-corrected chi connectivity index (χ3v) is 4.05. The molecule has 0 bridgehead atoms. The third kappa shape index (κ3) is 4.29. The molecule has 0 aliphatic rings. The van der Waals surface area contributed by atoms with Gasteiger partial charge in [-0.1, -0.05) is 30.3 Å². The minimum atomic E-state index is 0.643. The van der Waals surface area contributed by atoms with Crippen LogP contribution in [0.5, 0.6) is 0 Å². The second-order valence-corrected chi connectivity index (χ2v) is 5.66. The zero-order chi connectivity index (χ0) is 15.9. The summed E-state index contributed by atoms with van der Waals surface area (Å²) in [5.74, 6) is 0. The van der Waals surface area contributed by atoms with Crippen molar-refractivity contribution in [1.82, 2.24) is 21.3 Å². The maximum Gasteiger partial charge on any atom is 0.166 e. The zero-order valence-corrected chi connectivity index (χ0v) is 14.3. The summed E-state index contributed by atoms with van der Waals surface area (Å²) in [7, 11) is 3.62. The normalized spacial score (nSPS) is 10.1. The van der Waals surface area contributed by atoms with Gasteiger partial charge in [-0.15, -0.1) is 0 Å². The molecular formula is C16H20N4S2. The topological polar surface area (TPSA) is 48.1 Å². The molecule has 0 saturated heterocycles. The van der Waals surface area contributed by atoms with Crippen LogP contribution in [0.4, 0.5) is 0 Å². The molecule has 0 aromatic heterocycles. The standard InChI is InChI=1S/C16H20N4S2/c1-17-15(21)19-9-11-7-12-5-3-4-6-14(12)13(8-11)10-20-16(22)18-2/h3-8H,9-10H2,1-2H3,(H2,17,19,21)(H2,18,20,22). The lowest BCUT2D eigenvalue weighted by molar-refractivity contribution is 0.873. The summed E-state index contributed by atoms with van der Waals surface area (Å²) in [5.41, 5.74) is 2.39. The fraction of sp³-hybridized carbons (Fsp3) is 0.250. The van der Waals surface area contributed by atoms with E-state index in [1.165, 1.54) is 21.9 Å². The Balaban J connectivity index is 2.26. The molecule has 0 radical (unpaired) electrons. The summed E-state index contributed by atoms with van der Waals surface area (Å²) in [6.07, 6.45) is 0. The highest BCUT2D eigenvalue weighted by Crippen LogP contribution is 2.21. The summed E-state index contributed by atoms with van der Waals surface area (Å²) < 4.78 is 0. The van der Waals surface area contributed by atoms with Gasteiger partial charge < -0.3 is 21.3 Å². The Bertz CT molecular complexity index is 685. The summed E-state index contributed by atoms with van der Waals surface area (Å²) >= 11 is 10.3. The second-order valence-electron chi connectivity index (χ2n) is 4.84. The number of hydrogen-bond donors (Lipinski definition) is 4. The van der Waals surface area contributed by atoms with Gasteiger partial charge in [0.1, 0.15) is 0 Å². The number of nitrogens with one attached hydrogen (secondary N) is 4. The molecule has 6 heteroatoms. The van der Waals surface area contributed by atoms with Crippen molar-refractivity contribution in [2.24, 2.45) is 0 Å². The summed E-state index contributed by atoms with van der Waals surface area (Å²) in [5, 5.41) is 16.0. The van der Waals surface area contributed by atoms with Crippen LogP contribution in [0.3, 0.4) is 0 Å². The molecule has 116 valence electrons. The maximum absolute atomic E-state index is 5.15. The summed E-state index contributed by atoms with van der Waals surface area (Å²) in [4.78, 5) is 0. The average molecular weight is 332 g/mol. The van der Waals surface area contributed by atoms with Crippen molar-refractivity contribution < 1.29 is 0 Å². The third-order valence-electron chi connectivity index (χ3n) is 3.35. The molecule has 0 spiro atoms. The van der Waals surface area contributed by atoms with Crippen molar-refractivity contribution in [3.8, 4) is 0 Å². The number of benzene rings is 2. The molecule has 0 fully saturated rings. The Labute approximate surface area is 141 Å². The highest BCUT2D eigenvalue weighted by atomic mass is 32.1. The maximum atomic E-state index is 5.15. The van der Waals surface area contributed by atoms with E-state index in [1.54, 1.807) is 0 Å². The van der Waals surface area contributed by atoms with Crippen LogP contribution in [0.15, 0.2) is 36.4 Å². The van der Waals surface area contributed by atoms with Crippen molar-refractivity contribution in [1.29, 1.82) is 0 Å². The summed E-state index contributed by atoms with van der Waals surface area (Å²) in [6, 6.07) is 12.7. The highest BCUT2D eigenvalue weighted by Gasteiger charge is 2.05. The van der Waals surface area contributed by atoms with E-state index in [1.807, 2.05) is 20.2 Å². The molecule has 0 saturated carbocycles. The van der Waals surface area contributed by atoms with Gasteiger partial charge in [0.05, 0.1) is 0 Å². The SMILES string of the molecule is CNC(=S)NCc1cc(CNC(=S)NC)c2ccccc2c1. The Hall–Kier alpha value is -1.92. The van der Waals surface area contributed by atoms with Crippen LogP contribution in [0.25, 0.3) is 10.8 Å². The Morgan fingerprint density at radius 3 is 2.23 bits per heavy atom. The van der Waals surface area contributed by atoms with Crippen LogP contribution in [0, 0.1) is 0 Å². The summed E-state index contributed by atoms with van der Waals surface area (Å²) in [6.45, 7) is 1.37. The first-order valence-corrected chi connectivity index (χ1v) is 7.87. The van der Waals surface area contributed by atoms with E-state index in [0.29, 0.717) is 23.3 Å². The van der Waals surface area contributed by atoms with Crippen LogP contribution >= 0.6 is 24.4 Å². The van der Waals surface area contributed by atoms with Crippen LogP contribution in [0.1, 0.15) is 11.1 Å². The largest absolute Gasteiger partial charge is 0.366 e. The van der Waals surface area contributed by atoms with Gasteiger partial charge in [-0.05, 0) is 52.4 Å². The monoisotopic (exact) mass is 332 g/mol. The number of thiocarbonyl (C=S) groups is 2. The van der Waals surface area contributed by atoms with Crippen molar-refractivity contribution in [2.45, 2.75) is 13.1 Å². The lowest BCUT2D eigenvalue weighted by Crippen LogP contribution is -2.32. The molecule has 0 unspecified atom stereocenters. The molecule has 0 amide bonds. The zero-order valence-electron chi connectivity index (χ0n) is 12.7. The molecule has 0 aliphatic heterocycles. The van der Waals surface area contributed by atoms with Gasteiger partial charge in [0.2, 0.25) is 0 Å². The van der Waals surface area contributed by atoms with E-state index in [2.05, 4.69) is 51.6 Å². The molecule has 2 aromatic carbocycles. The molecule has 0 heterocycles. The molecular weight excluding hydrogens is 312 g/mol. The van der Waals surface area contributed by atoms with Crippen LogP contribution in [0.2, 0.25) is 0 Å². The fourth-order valence-electron chi connectivity index (χ4n) is 2.24. The molecule has 0 atom stereocenters. The minimum absolute atomic E-state index is 0.643. The quantitative estimate of drug-likeness (QED) is 0.643. The van der Waals surface area contributed by atoms with Crippen LogP contribution < -0.4 is 21.3 Å². The molecule has 2 aromatic rings. The van der Waals surface area contributed by atoms with E-state index in [0.717, 1.165) is 0 Å². The van der Waals surface area contributed by atoms with Gasteiger partial charge >= 0.3 is 0 Å². The molecule has 4 N–H and O–H groups in total. The number of rotatable bonds is 4. The second kappa shape index (κ2) is 7.91. The highest BCUT2D eigenvalue weighted by molar-refractivity contribution is 7.80. The number of fused-ring (bicyclic) bond motifs is 1. The van der Waals surface area contributed by atoms with Crippen molar-refractivity contribution >= 4 is 45.4 Å². The van der Waals surface area contributed by atoms with Crippen molar-refractivity contribution in [3.63, 3.8) is 0 Å². The molecule has 2 rings (SSSR count). The Morgan fingerprint density at radius 1 is 0.909 bits per heavy atom. The molecule has 0 aliphatic carbocycles. The van der Waals surface area contributed by atoms with Gasteiger partial charge in [0.25, 0.3) is 0 Å². The Morgan fingerprint density at radius 2 is 1.55 bits per heavy atom. The predicted molar refractivity (Wildman–Crippen MR) is 101 cm³/mol. The average Bonchev–Trinajstić information content (AvgIpc) is 2.56. The van der Waals surface area contributed by atoms with Crippen molar-refractivity contribution in [2.75, 3.05) is 14.1 Å². The fourth-order valence-corrected chi connectivity index (χ4v) is 2.39. The van der Waals surface area contributed by atoms with Gasteiger partial charge in [-0.3, -0.25) is 0 Å². The molecule has 4 nitrogen and oxygen atoms in total.